The molecule has 26 heavy (non-hydrogen) atoms. The molecule has 0 bridgehead atoms. The molecule has 0 saturated heterocycles. The van der Waals surface area contributed by atoms with Gasteiger partial charge in [-0.25, -0.2) is 0 Å². The van der Waals surface area contributed by atoms with Crippen LogP contribution in [-0.4, -0.2) is 35.6 Å². The van der Waals surface area contributed by atoms with Gasteiger partial charge in [0.1, 0.15) is 0 Å². The predicted octanol–water partition coefficient (Wildman–Crippen LogP) is 5.71. The second-order valence-electron chi connectivity index (χ2n) is 5.67. The molecule has 0 aromatic heterocycles. The molecule has 2 N–H and O–H groups in total. The van der Waals surface area contributed by atoms with E-state index < -0.39 is 5.97 Å². The lowest BCUT2D eigenvalue weighted by Crippen LogP contribution is -2.25. The van der Waals surface area contributed by atoms with Crippen molar-refractivity contribution < 1.29 is 9.90 Å². The minimum absolute atomic E-state index is 0.631. The van der Waals surface area contributed by atoms with E-state index in [1.54, 1.807) is 0 Å². The average molecular weight is 397 g/mol. The Morgan fingerprint density at radius 1 is 1.04 bits per heavy atom. The van der Waals surface area contributed by atoms with Crippen LogP contribution in [0.4, 0.5) is 11.4 Å². The van der Waals surface area contributed by atoms with Gasteiger partial charge >= 0.3 is 0 Å². The molecule has 0 saturated carbocycles. The molecule has 0 amide bonds. The molecule has 142 valence electrons. The number of aliphatic carboxylic acids is 1. The highest BCUT2D eigenvalue weighted by Crippen LogP contribution is 2.33. The van der Waals surface area contributed by atoms with Crippen LogP contribution in [0, 0.1) is 0 Å². The number of rotatable bonds is 7. The highest BCUT2D eigenvalue weighted by molar-refractivity contribution is 6.39. The van der Waals surface area contributed by atoms with Crippen LogP contribution in [0.3, 0.4) is 0 Å². The van der Waals surface area contributed by atoms with E-state index in [1.165, 1.54) is 5.56 Å². The Labute approximate surface area is 165 Å². The fourth-order valence-electron chi connectivity index (χ4n) is 2.43. The van der Waals surface area contributed by atoms with E-state index in [-0.39, 0.29) is 0 Å². The van der Waals surface area contributed by atoms with Gasteiger partial charge in [-0.05, 0) is 43.3 Å². The Hall–Kier alpha value is -1.75. The number of benzene rings is 2. The summed E-state index contributed by atoms with van der Waals surface area (Å²) in [6.45, 7) is 8.65. The van der Waals surface area contributed by atoms with Gasteiger partial charge in [-0.2, -0.15) is 0 Å². The van der Waals surface area contributed by atoms with Crippen molar-refractivity contribution in [3.05, 3.63) is 58.1 Å². The second kappa shape index (κ2) is 11.8. The second-order valence-corrected chi connectivity index (χ2v) is 6.49. The molecule has 0 spiro atoms. The molecule has 2 aromatic rings. The fourth-order valence-corrected chi connectivity index (χ4v) is 2.92. The number of carbonyl (C=O) groups is 1. The summed E-state index contributed by atoms with van der Waals surface area (Å²) < 4.78 is 0. The SMILES string of the molecule is CC(=O)O.CCN(CC)CCc1ccccc1Nc1c(Cl)cccc1Cl. The lowest BCUT2D eigenvalue weighted by molar-refractivity contribution is -0.134. The van der Waals surface area contributed by atoms with E-state index in [9.17, 15) is 0 Å². The number of carboxylic acid groups (broad SMARTS) is 1. The van der Waals surface area contributed by atoms with Crippen molar-refractivity contribution in [3.8, 4) is 0 Å². The summed E-state index contributed by atoms with van der Waals surface area (Å²) in [4.78, 5) is 11.4. The summed E-state index contributed by atoms with van der Waals surface area (Å²) in [5.41, 5.74) is 3.09. The van der Waals surface area contributed by atoms with Crippen LogP contribution >= 0.6 is 23.2 Å². The molecule has 0 aliphatic heterocycles. The van der Waals surface area contributed by atoms with Gasteiger partial charge < -0.3 is 15.3 Å². The molecular formula is C20H26Cl2N2O2. The summed E-state index contributed by atoms with van der Waals surface area (Å²) >= 11 is 12.5. The molecule has 2 rings (SSSR count). The van der Waals surface area contributed by atoms with E-state index in [4.69, 9.17) is 33.1 Å². The number of nitrogens with zero attached hydrogens (tertiary/aromatic N) is 1. The topological polar surface area (TPSA) is 52.6 Å². The van der Waals surface area contributed by atoms with Gasteiger partial charge in [-0.1, -0.05) is 61.3 Å². The minimum atomic E-state index is -0.833. The van der Waals surface area contributed by atoms with Crippen LogP contribution in [0.5, 0.6) is 0 Å². The number of anilines is 2. The molecule has 0 fully saturated rings. The van der Waals surface area contributed by atoms with E-state index in [1.807, 2.05) is 24.3 Å². The summed E-state index contributed by atoms with van der Waals surface area (Å²) in [6, 6.07) is 13.8. The average Bonchev–Trinajstić information content (AvgIpc) is 2.60. The first-order valence-electron chi connectivity index (χ1n) is 8.59. The van der Waals surface area contributed by atoms with Crippen molar-refractivity contribution >= 4 is 40.5 Å². The maximum atomic E-state index is 9.00. The molecule has 2 aromatic carbocycles. The zero-order valence-corrected chi connectivity index (χ0v) is 16.9. The third-order valence-electron chi connectivity index (χ3n) is 3.83. The molecule has 0 unspecified atom stereocenters. The third kappa shape index (κ3) is 7.65. The predicted molar refractivity (Wildman–Crippen MR) is 111 cm³/mol. The number of nitrogens with one attached hydrogen (secondary N) is 1. The molecule has 4 nitrogen and oxygen atoms in total. The van der Waals surface area contributed by atoms with Gasteiger partial charge in [0.2, 0.25) is 0 Å². The first-order valence-corrected chi connectivity index (χ1v) is 9.35. The van der Waals surface area contributed by atoms with Crippen molar-refractivity contribution in [2.45, 2.75) is 27.2 Å². The monoisotopic (exact) mass is 396 g/mol. The standard InChI is InChI=1S/C18H22Cl2N2.C2H4O2/c1-3-22(4-2)13-12-14-8-5-6-11-17(14)21-18-15(19)9-7-10-16(18)20;1-2(3)4/h5-11,21H,3-4,12-13H2,1-2H3;1H3,(H,3,4). The molecule has 0 heterocycles. The Bertz CT molecular complexity index is 680. The van der Waals surface area contributed by atoms with E-state index >= 15 is 0 Å². The van der Waals surface area contributed by atoms with Crippen LogP contribution in [0.2, 0.25) is 10.0 Å². The Balaban J connectivity index is 0.000000765. The summed E-state index contributed by atoms with van der Waals surface area (Å²) in [5.74, 6) is -0.833. The Morgan fingerprint density at radius 2 is 1.58 bits per heavy atom. The Morgan fingerprint density at radius 3 is 2.12 bits per heavy atom. The largest absolute Gasteiger partial charge is 0.481 e. The van der Waals surface area contributed by atoms with Crippen LogP contribution in [0.1, 0.15) is 26.3 Å². The van der Waals surface area contributed by atoms with Crippen molar-refractivity contribution in [3.63, 3.8) is 0 Å². The van der Waals surface area contributed by atoms with Crippen LogP contribution in [-0.2, 0) is 11.2 Å². The number of halogens is 2. The van der Waals surface area contributed by atoms with Gasteiger partial charge in [0, 0.05) is 19.2 Å². The first-order chi connectivity index (χ1) is 12.4. The van der Waals surface area contributed by atoms with E-state index in [0.29, 0.717) is 10.0 Å². The molecule has 0 atom stereocenters. The third-order valence-corrected chi connectivity index (χ3v) is 4.46. The molecule has 0 aliphatic carbocycles. The molecular weight excluding hydrogens is 371 g/mol. The van der Waals surface area contributed by atoms with Gasteiger partial charge in [-0.15, -0.1) is 0 Å². The zero-order chi connectivity index (χ0) is 19.5. The highest BCUT2D eigenvalue weighted by Gasteiger charge is 2.09. The van der Waals surface area contributed by atoms with Gasteiger partial charge in [0.05, 0.1) is 15.7 Å². The molecule has 0 aliphatic rings. The minimum Gasteiger partial charge on any atom is -0.481 e. The van der Waals surface area contributed by atoms with Crippen molar-refractivity contribution in [2.24, 2.45) is 0 Å². The maximum absolute atomic E-state index is 9.00. The lowest BCUT2D eigenvalue weighted by atomic mass is 10.1. The van der Waals surface area contributed by atoms with Crippen molar-refractivity contribution in [2.75, 3.05) is 25.0 Å². The zero-order valence-electron chi connectivity index (χ0n) is 15.4. The summed E-state index contributed by atoms with van der Waals surface area (Å²) in [7, 11) is 0. The van der Waals surface area contributed by atoms with Gasteiger partial charge in [0.25, 0.3) is 5.97 Å². The van der Waals surface area contributed by atoms with Gasteiger partial charge in [0.15, 0.2) is 0 Å². The number of likely N-dealkylation sites (N-methyl/N-ethyl adjacent to an activating group) is 1. The van der Waals surface area contributed by atoms with Crippen LogP contribution < -0.4 is 5.32 Å². The maximum Gasteiger partial charge on any atom is 0.300 e. The van der Waals surface area contributed by atoms with E-state index in [2.05, 4.69) is 42.3 Å². The first kappa shape index (κ1) is 22.3. The number of hydrogen-bond donors (Lipinski definition) is 2. The summed E-state index contributed by atoms with van der Waals surface area (Å²) in [6.07, 6.45) is 0.993. The lowest BCUT2D eigenvalue weighted by Gasteiger charge is -2.19. The molecule has 0 radical (unpaired) electrons. The molecule has 6 heteroatoms. The number of hydrogen-bond acceptors (Lipinski definition) is 3. The number of para-hydroxylation sites is 2. The summed E-state index contributed by atoms with van der Waals surface area (Å²) in [5, 5.41) is 12.1. The quantitative estimate of drug-likeness (QED) is 0.628. The van der Waals surface area contributed by atoms with Gasteiger partial charge in [-0.3, -0.25) is 4.79 Å². The van der Waals surface area contributed by atoms with Crippen molar-refractivity contribution in [1.82, 2.24) is 4.90 Å². The fraction of sp³-hybridized carbons (Fsp3) is 0.350. The van der Waals surface area contributed by atoms with Crippen LogP contribution in [0.15, 0.2) is 42.5 Å². The normalized spacial score (nSPS) is 10.2. The Kier molecular flexibility index (Phi) is 10.1. The number of carboxylic acids is 1. The van der Waals surface area contributed by atoms with E-state index in [0.717, 1.165) is 44.4 Å². The van der Waals surface area contributed by atoms with Crippen LogP contribution in [0.25, 0.3) is 0 Å². The van der Waals surface area contributed by atoms with Crippen molar-refractivity contribution in [1.29, 1.82) is 0 Å². The highest BCUT2D eigenvalue weighted by atomic mass is 35.5. The smallest absolute Gasteiger partial charge is 0.300 e.